The maximum absolute atomic E-state index is 12.6. The molecule has 0 aliphatic carbocycles. The van der Waals surface area contributed by atoms with Gasteiger partial charge in [0.2, 0.25) is 5.91 Å². The number of nitrogens with zero attached hydrogens (tertiary/aromatic N) is 3. The zero-order valence-corrected chi connectivity index (χ0v) is 14.3. The second kappa shape index (κ2) is 7.13. The van der Waals surface area contributed by atoms with Gasteiger partial charge >= 0.3 is 0 Å². The molecule has 2 heterocycles. The fourth-order valence-electron chi connectivity index (χ4n) is 3.56. The van der Waals surface area contributed by atoms with Crippen molar-refractivity contribution in [3.05, 3.63) is 47.6 Å². The van der Waals surface area contributed by atoms with Gasteiger partial charge in [-0.1, -0.05) is 35.5 Å². The summed E-state index contributed by atoms with van der Waals surface area (Å²) in [6.45, 7) is 6.14. The van der Waals surface area contributed by atoms with E-state index in [1.165, 1.54) is 5.56 Å². The number of aryl methyl sites for hydroxylation is 1. The highest BCUT2D eigenvalue weighted by molar-refractivity contribution is 5.78. The Morgan fingerprint density at radius 3 is 2.75 bits per heavy atom. The first-order valence-electron chi connectivity index (χ1n) is 8.29. The first-order valence-corrected chi connectivity index (χ1v) is 8.29. The number of carbonyl (C=O) groups is 1. The number of benzene rings is 1. The minimum atomic E-state index is 0.00432. The van der Waals surface area contributed by atoms with Gasteiger partial charge in [-0.25, -0.2) is 0 Å². The molecule has 0 unspecified atom stereocenters. The monoisotopic (exact) mass is 329 g/mol. The van der Waals surface area contributed by atoms with Gasteiger partial charge in [-0.3, -0.25) is 4.79 Å². The van der Waals surface area contributed by atoms with Gasteiger partial charge < -0.3 is 14.2 Å². The van der Waals surface area contributed by atoms with Crippen LogP contribution < -0.4 is 0 Å². The van der Waals surface area contributed by atoms with Crippen LogP contribution in [0.3, 0.4) is 0 Å². The zero-order valence-electron chi connectivity index (χ0n) is 14.3. The fourth-order valence-corrected chi connectivity index (χ4v) is 3.56. The quantitative estimate of drug-likeness (QED) is 0.843. The first-order chi connectivity index (χ1) is 11.6. The predicted octanol–water partition coefficient (Wildman–Crippen LogP) is 2.69. The van der Waals surface area contributed by atoms with Crippen molar-refractivity contribution in [1.29, 1.82) is 0 Å². The van der Waals surface area contributed by atoms with E-state index in [0.717, 1.165) is 6.42 Å². The predicted molar refractivity (Wildman–Crippen MR) is 88.3 cm³/mol. The third-order valence-electron chi connectivity index (χ3n) is 4.63. The minimum absolute atomic E-state index is 0.00432. The Balaban J connectivity index is 1.58. The summed E-state index contributed by atoms with van der Waals surface area (Å²) in [6.07, 6.45) is 0.972. The topological polar surface area (TPSA) is 68.5 Å². The molecule has 6 heteroatoms. The molecule has 1 aromatic heterocycles. The Hall–Kier alpha value is -2.21. The average molecular weight is 329 g/mol. The summed E-state index contributed by atoms with van der Waals surface area (Å²) in [6, 6.07) is 10.7. The van der Waals surface area contributed by atoms with Gasteiger partial charge in [0.15, 0.2) is 5.82 Å². The second-order valence-corrected chi connectivity index (χ2v) is 6.37. The van der Waals surface area contributed by atoms with Crippen molar-refractivity contribution in [2.45, 2.75) is 51.8 Å². The maximum Gasteiger partial charge on any atom is 0.252 e. The molecule has 1 fully saturated rings. The standard InChI is InChI=1S/C18H23N3O3/c1-12-9-16(15-7-5-4-6-8-15)13(2)21(12)18(22)11-23-10-17-19-14(3)20-24-17/h4-8,12-13,16H,9-11H2,1-3H3/t12-,13-,16+/m1/s1. The van der Waals surface area contributed by atoms with Crippen LogP contribution in [0.25, 0.3) is 0 Å². The van der Waals surface area contributed by atoms with E-state index in [2.05, 4.69) is 36.1 Å². The Morgan fingerprint density at radius 2 is 2.08 bits per heavy atom. The first kappa shape index (κ1) is 16.6. The van der Waals surface area contributed by atoms with E-state index in [1.807, 2.05) is 23.1 Å². The lowest BCUT2D eigenvalue weighted by atomic mass is 9.92. The summed E-state index contributed by atoms with van der Waals surface area (Å²) in [7, 11) is 0. The lowest BCUT2D eigenvalue weighted by molar-refractivity contribution is -0.139. The molecule has 24 heavy (non-hydrogen) atoms. The van der Waals surface area contributed by atoms with E-state index in [0.29, 0.717) is 17.6 Å². The number of rotatable bonds is 5. The van der Waals surface area contributed by atoms with Crippen molar-refractivity contribution in [2.75, 3.05) is 6.61 Å². The molecule has 0 radical (unpaired) electrons. The van der Waals surface area contributed by atoms with Crippen LogP contribution in [0.1, 0.15) is 43.5 Å². The van der Waals surface area contributed by atoms with Crippen LogP contribution >= 0.6 is 0 Å². The van der Waals surface area contributed by atoms with Gasteiger partial charge in [-0.2, -0.15) is 4.98 Å². The molecule has 1 aliphatic heterocycles. The number of hydrogen-bond donors (Lipinski definition) is 0. The molecule has 0 spiro atoms. The number of aromatic nitrogens is 2. The van der Waals surface area contributed by atoms with Gasteiger partial charge in [0.05, 0.1) is 0 Å². The second-order valence-electron chi connectivity index (χ2n) is 6.37. The Labute approximate surface area is 141 Å². The van der Waals surface area contributed by atoms with Crippen LogP contribution in [0.2, 0.25) is 0 Å². The molecule has 0 N–H and O–H groups in total. The molecular weight excluding hydrogens is 306 g/mol. The van der Waals surface area contributed by atoms with Crippen molar-refractivity contribution < 1.29 is 14.1 Å². The van der Waals surface area contributed by atoms with Crippen LogP contribution in [0, 0.1) is 6.92 Å². The number of hydrogen-bond acceptors (Lipinski definition) is 5. The third kappa shape index (κ3) is 3.48. The SMILES string of the molecule is Cc1noc(COCC(=O)N2[C@H](C)C[C@H](c3ccccc3)[C@H]2C)n1. The third-order valence-corrected chi connectivity index (χ3v) is 4.63. The van der Waals surface area contributed by atoms with Crippen LogP contribution in [-0.2, 0) is 16.1 Å². The Bertz CT molecular complexity index is 686. The number of ether oxygens (including phenoxy) is 1. The smallest absolute Gasteiger partial charge is 0.252 e. The highest BCUT2D eigenvalue weighted by atomic mass is 16.5. The molecule has 1 aromatic carbocycles. The lowest BCUT2D eigenvalue weighted by Crippen LogP contribution is -2.41. The van der Waals surface area contributed by atoms with E-state index in [4.69, 9.17) is 9.26 Å². The lowest BCUT2D eigenvalue weighted by Gasteiger charge is -2.27. The molecule has 128 valence electrons. The van der Waals surface area contributed by atoms with E-state index in [-0.39, 0.29) is 31.2 Å². The molecular formula is C18H23N3O3. The molecule has 0 bridgehead atoms. The zero-order chi connectivity index (χ0) is 17.1. The highest BCUT2D eigenvalue weighted by Crippen LogP contribution is 2.37. The Morgan fingerprint density at radius 1 is 1.33 bits per heavy atom. The number of carbonyl (C=O) groups excluding carboxylic acids is 1. The highest BCUT2D eigenvalue weighted by Gasteiger charge is 2.39. The summed E-state index contributed by atoms with van der Waals surface area (Å²) in [5, 5.41) is 3.70. The summed E-state index contributed by atoms with van der Waals surface area (Å²) in [5.74, 6) is 1.32. The van der Waals surface area contributed by atoms with Crippen molar-refractivity contribution >= 4 is 5.91 Å². The van der Waals surface area contributed by atoms with Crippen LogP contribution in [0.5, 0.6) is 0 Å². The van der Waals surface area contributed by atoms with E-state index in [9.17, 15) is 4.79 Å². The largest absolute Gasteiger partial charge is 0.362 e. The van der Waals surface area contributed by atoms with Gasteiger partial charge in [0.25, 0.3) is 5.89 Å². The van der Waals surface area contributed by atoms with Crippen LogP contribution in [0.4, 0.5) is 0 Å². The molecule has 3 atom stereocenters. The van der Waals surface area contributed by atoms with E-state index < -0.39 is 0 Å². The van der Waals surface area contributed by atoms with Crippen molar-refractivity contribution in [3.8, 4) is 0 Å². The van der Waals surface area contributed by atoms with Crippen LogP contribution in [-0.4, -0.2) is 39.6 Å². The van der Waals surface area contributed by atoms with Gasteiger partial charge in [-0.15, -0.1) is 0 Å². The summed E-state index contributed by atoms with van der Waals surface area (Å²) < 4.78 is 10.4. The van der Waals surface area contributed by atoms with Crippen LogP contribution in [0.15, 0.2) is 34.9 Å². The molecule has 3 rings (SSSR count). The normalized spacial score (nSPS) is 23.6. The molecule has 6 nitrogen and oxygen atoms in total. The summed E-state index contributed by atoms with van der Waals surface area (Å²) in [4.78, 5) is 18.6. The van der Waals surface area contributed by atoms with Gasteiger partial charge in [-0.05, 0) is 32.8 Å². The average Bonchev–Trinajstić information content (AvgIpc) is 3.11. The molecule has 0 saturated carbocycles. The van der Waals surface area contributed by atoms with Crippen molar-refractivity contribution in [3.63, 3.8) is 0 Å². The number of amides is 1. The molecule has 1 aliphatic rings. The van der Waals surface area contributed by atoms with E-state index >= 15 is 0 Å². The summed E-state index contributed by atoms with van der Waals surface area (Å²) >= 11 is 0. The maximum atomic E-state index is 12.6. The van der Waals surface area contributed by atoms with Crippen molar-refractivity contribution in [2.24, 2.45) is 0 Å². The fraction of sp³-hybridized carbons (Fsp3) is 0.500. The minimum Gasteiger partial charge on any atom is -0.362 e. The number of likely N-dealkylation sites (tertiary alicyclic amines) is 1. The van der Waals surface area contributed by atoms with E-state index in [1.54, 1.807) is 6.92 Å². The molecule has 2 aromatic rings. The molecule has 1 amide bonds. The van der Waals surface area contributed by atoms with Gasteiger partial charge in [0, 0.05) is 18.0 Å². The summed E-state index contributed by atoms with van der Waals surface area (Å²) in [5.41, 5.74) is 1.29. The van der Waals surface area contributed by atoms with Gasteiger partial charge in [0.1, 0.15) is 13.2 Å². The van der Waals surface area contributed by atoms with Crippen molar-refractivity contribution in [1.82, 2.24) is 15.0 Å². The molecule has 1 saturated heterocycles. The Kier molecular flexibility index (Phi) is 4.94.